The molecule has 172 valence electrons. The number of hydrogen-bond acceptors (Lipinski definition) is 6. The van der Waals surface area contributed by atoms with E-state index in [4.69, 9.17) is 23.2 Å². The minimum Gasteiger partial charge on any atom is -0.334 e. The Morgan fingerprint density at radius 3 is 1.30 bits per heavy atom. The third-order valence-electron chi connectivity index (χ3n) is 5.12. The van der Waals surface area contributed by atoms with E-state index in [1.807, 2.05) is 0 Å². The first-order chi connectivity index (χ1) is 14.5. The summed E-state index contributed by atoms with van der Waals surface area (Å²) in [7, 11) is 0. The molecule has 2 aliphatic rings. The molecule has 2 saturated carbocycles. The number of urea groups is 2. The topological polar surface area (TPSA) is 124 Å². The predicted octanol–water partition coefficient (Wildman–Crippen LogP) is 4.50. The van der Waals surface area contributed by atoms with Crippen LogP contribution in [0.5, 0.6) is 0 Å². The lowest BCUT2D eigenvalue weighted by atomic mass is 9.96. The van der Waals surface area contributed by atoms with Crippen LogP contribution in [0.2, 0.25) is 0 Å². The lowest BCUT2D eigenvalue weighted by molar-refractivity contribution is 0.193. The zero-order valence-electron chi connectivity index (χ0n) is 17.2. The normalized spacial score (nSPS) is 17.1. The van der Waals surface area contributed by atoms with Crippen LogP contribution in [0.15, 0.2) is 10.6 Å². The zero-order valence-corrected chi connectivity index (χ0v) is 18.7. The molecule has 0 unspecified atom stereocenters. The van der Waals surface area contributed by atoms with E-state index in [2.05, 4.69) is 21.2 Å². The van der Waals surface area contributed by atoms with Crippen molar-refractivity contribution < 1.29 is 9.59 Å². The molecule has 2 rings (SSSR count). The Balaban J connectivity index is 0.000000300. The van der Waals surface area contributed by atoms with Gasteiger partial charge in [0.05, 0.1) is 23.7 Å². The molecule has 0 radical (unpaired) electrons. The molecule has 30 heavy (non-hydrogen) atoms. The molecule has 0 aromatic carbocycles. The largest absolute Gasteiger partial charge is 0.340 e. The minimum atomic E-state index is -0.433. The molecule has 2 aliphatic carbocycles. The van der Waals surface area contributed by atoms with E-state index < -0.39 is 12.1 Å². The van der Waals surface area contributed by atoms with Crippen molar-refractivity contribution in [2.45, 2.75) is 76.3 Å². The molecule has 0 heterocycles. The first-order valence-corrected chi connectivity index (χ1v) is 11.6. The summed E-state index contributed by atoms with van der Waals surface area (Å²) >= 11 is 10.9. The van der Waals surface area contributed by atoms with Gasteiger partial charge in [0.1, 0.15) is 0 Å². The molecule has 0 atom stereocenters. The monoisotopic (exact) mass is 466 g/mol. The lowest BCUT2D eigenvalue weighted by Crippen LogP contribution is -2.43. The number of halogens is 2. The maximum absolute atomic E-state index is 11.5. The number of rotatable bonds is 8. The fraction of sp³-hybridized carbons (Fsp3) is 0.889. The highest BCUT2D eigenvalue weighted by Crippen LogP contribution is 2.18. The van der Waals surface area contributed by atoms with E-state index in [0.717, 1.165) is 61.4 Å². The number of nitrogens with zero attached hydrogens (tertiary/aromatic N) is 4. The summed E-state index contributed by atoms with van der Waals surface area (Å²) in [6, 6.07) is -0.494. The van der Waals surface area contributed by atoms with Crippen molar-refractivity contribution in [3.63, 3.8) is 0 Å². The number of nitrogens with one attached hydrogen (secondary N) is 2. The van der Waals surface area contributed by atoms with E-state index in [-0.39, 0.29) is 36.9 Å². The first kappa shape index (κ1) is 26.4. The van der Waals surface area contributed by atoms with Crippen molar-refractivity contribution in [1.82, 2.24) is 20.7 Å². The number of amides is 4. The first-order valence-electron chi connectivity index (χ1n) is 10.5. The van der Waals surface area contributed by atoms with Crippen LogP contribution in [-0.4, -0.2) is 59.0 Å². The molecule has 0 spiro atoms. The van der Waals surface area contributed by atoms with E-state index in [1.54, 1.807) is 0 Å². The van der Waals surface area contributed by atoms with Crippen molar-refractivity contribution in [1.29, 1.82) is 0 Å². The van der Waals surface area contributed by atoms with Gasteiger partial charge in [-0.15, -0.1) is 33.0 Å². The van der Waals surface area contributed by atoms with Gasteiger partial charge >= 0.3 is 12.1 Å². The van der Waals surface area contributed by atoms with Gasteiger partial charge in [0, 0.05) is 23.8 Å². The second-order valence-corrected chi connectivity index (χ2v) is 8.11. The molecule has 12 heteroatoms. The van der Waals surface area contributed by atoms with Gasteiger partial charge in [-0.25, -0.2) is 9.59 Å². The lowest BCUT2D eigenvalue weighted by Gasteiger charge is -2.24. The molecule has 0 bridgehead atoms. The van der Waals surface area contributed by atoms with Gasteiger partial charge in [0.2, 0.25) is 0 Å². The smallest absolute Gasteiger partial charge is 0.334 e. The highest BCUT2D eigenvalue weighted by atomic mass is 35.5. The maximum atomic E-state index is 11.5. The Morgan fingerprint density at radius 2 is 1.03 bits per heavy atom. The molecule has 4 amide bonds. The molecule has 2 fully saturated rings. The number of alkyl halides is 2. The van der Waals surface area contributed by atoms with Crippen molar-refractivity contribution in [2.24, 2.45) is 10.6 Å². The Labute approximate surface area is 187 Å². The predicted molar refractivity (Wildman–Crippen MR) is 117 cm³/mol. The van der Waals surface area contributed by atoms with E-state index in [0.29, 0.717) is 0 Å². The minimum absolute atomic E-state index is 0.156. The highest BCUT2D eigenvalue weighted by Gasteiger charge is 2.21. The van der Waals surface area contributed by atoms with Crippen molar-refractivity contribution in [2.75, 3.05) is 24.8 Å². The van der Waals surface area contributed by atoms with Gasteiger partial charge in [0.25, 0.3) is 0 Å². The molecule has 10 nitrogen and oxygen atoms in total. The third kappa shape index (κ3) is 10.4. The van der Waals surface area contributed by atoms with Crippen LogP contribution < -0.4 is 10.6 Å². The quantitative estimate of drug-likeness (QED) is 0.310. The average molecular weight is 467 g/mol. The molecule has 0 aromatic rings. The van der Waals surface area contributed by atoms with Crippen LogP contribution in [0, 0.1) is 9.81 Å². The summed E-state index contributed by atoms with van der Waals surface area (Å²) in [6.45, 7) is 0.313. The summed E-state index contributed by atoms with van der Waals surface area (Å²) < 4.78 is 0. The fourth-order valence-corrected chi connectivity index (χ4v) is 3.83. The van der Waals surface area contributed by atoms with Gasteiger partial charge in [-0.3, -0.25) is 0 Å². The van der Waals surface area contributed by atoms with E-state index in [1.165, 1.54) is 12.8 Å². The van der Waals surface area contributed by atoms with Crippen LogP contribution in [-0.2, 0) is 0 Å². The van der Waals surface area contributed by atoms with Crippen LogP contribution >= 0.6 is 23.2 Å². The standard InChI is InChI=1S/2C9H16ClN3O2/c2*10-6-7-13(12-15)9(14)11-8-4-2-1-3-5-8/h2*8H,1-7H2,(H,11,14). The van der Waals surface area contributed by atoms with Crippen LogP contribution in [0.25, 0.3) is 0 Å². The van der Waals surface area contributed by atoms with Crippen molar-refractivity contribution in [3.05, 3.63) is 9.81 Å². The Kier molecular flexibility index (Phi) is 14.1. The highest BCUT2D eigenvalue weighted by molar-refractivity contribution is 6.18. The van der Waals surface area contributed by atoms with Gasteiger partial charge < -0.3 is 10.6 Å². The summed E-state index contributed by atoms with van der Waals surface area (Å²) in [5, 5.41) is 12.5. The van der Waals surface area contributed by atoms with Crippen molar-refractivity contribution in [3.8, 4) is 0 Å². The van der Waals surface area contributed by atoms with E-state index in [9.17, 15) is 19.4 Å². The number of carbonyl (C=O) groups is 2. The molecule has 2 N–H and O–H groups in total. The Bertz CT molecular complexity index is 485. The Morgan fingerprint density at radius 1 is 0.700 bits per heavy atom. The summed E-state index contributed by atoms with van der Waals surface area (Å²) in [5.41, 5.74) is 0. The number of carbonyl (C=O) groups excluding carboxylic acids is 2. The number of nitroso groups, excluding NO2 is 2. The average Bonchev–Trinajstić information content (AvgIpc) is 2.77. The van der Waals surface area contributed by atoms with Gasteiger partial charge in [0.15, 0.2) is 0 Å². The van der Waals surface area contributed by atoms with Crippen LogP contribution in [0.1, 0.15) is 64.2 Å². The molecule has 0 saturated heterocycles. The van der Waals surface area contributed by atoms with E-state index >= 15 is 0 Å². The molecule has 0 aromatic heterocycles. The molecular weight excluding hydrogens is 435 g/mol. The second-order valence-electron chi connectivity index (χ2n) is 7.36. The van der Waals surface area contributed by atoms with Crippen molar-refractivity contribution >= 4 is 35.3 Å². The molecular formula is C18H32Cl2N6O4. The summed E-state index contributed by atoms with van der Waals surface area (Å²) in [6.07, 6.45) is 10.9. The number of hydrogen-bond donors (Lipinski definition) is 2. The summed E-state index contributed by atoms with van der Waals surface area (Å²) in [4.78, 5) is 43.7. The zero-order chi connectivity index (χ0) is 22.2. The van der Waals surface area contributed by atoms with Crippen LogP contribution in [0.4, 0.5) is 9.59 Å². The molecule has 0 aliphatic heterocycles. The second kappa shape index (κ2) is 16.1. The SMILES string of the molecule is O=NN(CCCl)C(=O)NC1CCCCC1.O=NN(CCCl)C(=O)NC1CCCCC1. The maximum Gasteiger partial charge on any atom is 0.340 e. The Hall–Kier alpha value is -1.68. The van der Waals surface area contributed by atoms with Gasteiger partial charge in [-0.05, 0) is 25.7 Å². The summed E-state index contributed by atoms with van der Waals surface area (Å²) in [5.74, 6) is 0.424. The van der Waals surface area contributed by atoms with Gasteiger partial charge in [-0.2, -0.15) is 10.0 Å². The van der Waals surface area contributed by atoms with Crippen LogP contribution in [0.3, 0.4) is 0 Å². The third-order valence-corrected chi connectivity index (χ3v) is 5.46. The fourth-order valence-electron chi connectivity index (χ4n) is 3.51. The van der Waals surface area contributed by atoms with Gasteiger partial charge in [-0.1, -0.05) is 38.5 Å².